The number of hydrogen-bond acceptors (Lipinski definition) is 5. The SMILES string of the molecule is O=C(COC(=O)c1cccc(F)c1)Nc1cc(Cl)ccc1[N+](=O)[O-]. The van der Waals surface area contributed by atoms with Crippen LogP contribution in [-0.2, 0) is 9.53 Å². The molecule has 1 amide bonds. The van der Waals surface area contributed by atoms with Gasteiger partial charge in [0.15, 0.2) is 6.61 Å². The summed E-state index contributed by atoms with van der Waals surface area (Å²) < 4.78 is 17.7. The molecule has 2 rings (SSSR count). The molecule has 0 aliphatic carbocycles. The average Bonchev–Trinajstić information content (AvgIpc) is 2.52. The number of anilines is 1. The maximum atomic E-state index is 13.0. The predicted octanol–water partition coefficient (Wildman–Crippen LogP) is 3.18. The number of carbonyl (C=O) groups is 2. The molecule has 0 aromatic heterocycles. The highest BCUT2D eigenvalue weighted by Crippen LogP contribution is 2.27. The van der Waals surface area contributed by atoms with E-state index >= 15 is 0 Å². The molecule has 7 nitrogen and oxygen atoms in total. The second-order valence-electron chi connectivity index (χ2n) is 4.55. The van der Waals surface area contributed by atoms with Gasteiger partial charge in [0.05, 0.1) is 10.5 Å². The number of hydrogen-bond donors (Lipinski definition) is 1. The van der Waals surface area contributed by atoms with E-state index in [1.165, 1.54) is 24.3 Å². The Bertz CT molecular complexity index is 812. The fraction of sp³-hybridized carbons (Fsp3) is 0.0667. The number of benzene rings is 2. The first kappa shape index (κ1) is 17.4. The Balaban J connectivity index is 2.00. The fourth-order valence-electron chi connectivity index (χ4n) is 1.78. The summed E-state index contributed by atoms with van der Waals surface area (Å²) >= 11 is 5.73. The van der Waals surface area contributed by atoms with Crippen LogP contribution in [0.2, 0.25) is 5.02 Å². The largest absolute Gasteiger partial charge is 0.452 e. The van der Waals surface area contributed by atoms with E-state index in [-0.39, 0.29) is 22.0 Å². The Morgan fingerprint density at radius 3 is 2.67 bits per heavy atom. The van der Waals surface area contributed by atoms with E-state index in [1.807, 2.05) is 0 Å². The lowest BCUT2D eigenvalue weighted by Gasteiger charge is -2.07. The van der Waals surface area contributed by atoms with Gasteiger partial charge in [-0.25, -0.2) is 9.18 Å². The molecule has 0 heterocycles. The zero-order valence-corrected chi connectivity index (χ0v) is 12.7. The third-order valence-corrected chi connectivity index (χ3v) is 3.06. The summed E-state index contributed by atoms with van der Waals surface area (Å²) in [6.07, 6.45) is 0. The molecule has 2 aromatic rings. The number of carbonyl (C=O) groups excluding carboxylic acids is 2. The monoisotopic (exact) mass is 352 g/mol. The second kappa shape index (κ2) is 7.51. The van der Waals surface area contributed by atoms with E-state index in [0.717, 1.165) is 18.2 Å². The molecule has 0 saturated heterocycles. The van der Waals surface area contributed by atoms with E-state index in [9.17, 15) is 24.1 Å². The molecule has 124 valence electrons. The highest BCUT2D eigenvalue weighted by Gasteiger charge is 2.17. The van der Waals surface area contributed by atoms with E-state index in [1.54, 1.807) is 0 Å². The maximum Gasteiger partial charge on any atom is 0.338 e. The molecule has 0 aliphatic rings. The Morgan fingerprint density at radius 2 is 2.00 bits per heavy atom. The molecule has 0 unspecified atom stereocenters. The number of esters is 1. The van der Waals surface area contributed by atoms with Crippen LogP contribution in [0.25, 0.3) is 0 Å². The van der Waals surface area contributed by atoms with Crippen LogP contribution in [0.4, 0.5) is 15.8 Å². The maximum absolute atomic E-state index is 13.0. The number of nitrogens with one attached hydrogen (secondary N) is 1. The van der Waals surface area contributed by atoms with Crippen molar-refractivity contribution in [2.24, 2.45) is 0 Å². The highest BCUT2D eigenvalue weighted by molar-refractivity contribution is 6.31. The topological polar surface area (TPSA) is 98.5 Å². The quantitative estimate of drug-likeness (QED) is 0.506. The summed E-state index contributed by atoms with van der Waals surface area (Å²) in [5.41, 5.74) is -0.542. The van der Waals surface area contributed by atoms with Crippen molar-refractivity contribution in [2.75, 3.05) is 11.9 Å². The third-order valence-electron chi connectivity index (χ3n) is 2.82. The predicted molar refractivity (Wildman–Crippen MR) is 83.4 cm³/mol. The highest BCUT2D eigenvalue weighted by atomic mass is 35.5. The molecule has 0 saturated carbocycles. The van der Waals surface area contributed by atoms with Crippen LogP contribution in [0.15, 0.2) is 42.5 Å². The minimum Gasteiger partial charge on any atom is -0.452 e. The van der Waals surface area contributed by atoms with Gasteiger partial charge in [0.2, 0.25) is 0 Å². The van der Waals surface area contributed by atoms with Crippen molar-refractivity contribution in [3.05, 3.63) is 69.0 Å². The van der Waals surface area contributed by atoms with Crippen LogP contribution < -0.4 is 5.32 Å². The van der Waals surface area contributed by atoms with E-state index in [4.69, 9.17) is 16.3 Å². The number of amides is 1. The van der Waals surface area contributed by atoms with Crippen LogP contribution in [-0.4, -0.2) is 23.4 Å². The van der Waals surface area contributed by atoms with Gasteiger partial charge >= 0.3 is 5.97 Å². The van der Waals surface area contributed by atoms with Crippen molar-refractivity contribution in [1.82, 2.24) is 0 Å². The smallest absolute Gasteiger partial charge is 0.338 e. The lowest BCUT2D eigenvalue weighted by atomic mass is 10.2. The van der Waals surface area contributed by atoms with E-state index in [0.29, 0.717) is 0 Å². The summed E-state index contributed by atoms with van der Waals surface area (Å²) in [6, 6.07) is 8.40. The number of halogens is 2. The molecule has 0 atom stereocenters. The summed E-state index contributed by atoms with van der Waals surface area (Å²) in [7, 11) is 0. The number of ether oxygens (including phenoxy) is 1. The van der Waals surface area contributed by atoms with Gasteiger partial charge in [0.25, 0.3) is 11.6 Å². The molecular formula is C15H10ClFN2O5. The molecule has 2 aromatic carbocycles. The Labute approximate surface area is 140 Å². The second-order valence-corrected chi connectivity index (χ2v) is 4.99. The van der Waals surface area contributed by atoms with Gasteiger partial charge in [-0.05, 0) is 30.3 Å². The van der Waals surface area contributed by atoms with Crippen LogP contribution in [0.1, 0.15) is 10.4 Å². The number of nitrogens with zero attached hydrogens (tertiary/aromatic N) is 1. The van der Waals surface area contributed by atoms with Crippen molar-refractivity contribution in [3.8, 4) is 0 Å². The van der Waals surface area contributed by atoms with Crippen molar-refractivity contribution in [2.45, 2.75) is 0 Å². The van der Waals surface area contributed by atoms with Gasteiger partial charge in [0, 0.05) is 11.1 Å². The first-order chi connectivity index (χ1) is 11.4. The first-order valence-corrected chi connectivity index (χ1v) is 6.91. The molecular weight excluding hydrogens is 343 g/mol. The third kappa shape index (κ3) is 4.50. The van der Waals surface area contributed by atoms with Gasteiger partial charge in [-0.2, -0.15) is 0 Å². The molecule has 9 heteroatoms. The summed E-state index contributed by atoms with van der Waals surface area (Å²) in [6.45, 7) is -0.695. The normalized spacial score (nSPS) is 10.1. The van der Waals surface area contributed by atoms with Crippen molar-refractivity contribution < 1.29 is 23.6 Å². The molecule has 0 bridgehead atoms. The van der Waals surface area contributed by atoms with Gasteiger partial charge in [-0.3, -0.25) is 14.9 Å². The van der Waals surface area contributed by atoms with Crippen LogP contribution in [0, 0.1) is 15.9 Å². The Kier molecular flexibility index (Phi) is 5.43. The Hall–Kier alpha value is -3.00. The van der Waals surface area contributed by atoms with Crippen LogP contribution in [0.3, 0.4) is 0 Å². The van der Waals surface area contributed by atoms with E-state index in [2.05, 4.69) is 5.32 Å². The zero-order chi connectivity index (χ0) is 17.7. The van der Waals surface area contributed by atoms with E-state index < -0.39 is 29.2 Å². The lowest BCUT2D eigenvalue weighted by molar-refractivity contribution is -0.383. The van der Waals surface area contributed by atoms with Gasteiger partial charge in [-0.1, -0.05) is 17.7 Å². The van der Waals surface area contributed by atoms with Gasteiger partial charge < -0.3 is 10.1 Å². The summed E-state index contributed by atoms with van der Waals surface area (Å²) in [5, 5.41) is 13.3. The average molecular weight is 353 g/mol. The molecule has 1 N–H and O–H groups in total. The fourth-order valence-corrected chi connectivity index (χ4v) is 1.96. The number of nitro groups is 1. The first-order valence-electron chi connectivity index (χ1n) is 6.53. The van der Waals surface area contributed by atoms with Crippen molar-refractivity contribution in [3.63, 3.8) is 0 Å². The molecule has 0 aliphatic heterocycles. The number of nitro benzene ring substituents is 1. The molecule has 0 spiro atoms. The van der Waals surface area contributed by atoms with Gasteiger partial charge in [-0.15, -0.1) is 0 Å². The zero-order valence-electron chi connectivity index (χ0n) is 12.0. The van der Waals surface area contributed by atoms with Crippen LogP contribution in [0.5, 0.6) is 0 Å². The number of rotatable bonds is 5. The van der Waals surface area contributed by atoms with Gasteiger partial charge in [0.1, 0.15) is 11.5 Å². The lowest BCUT2D eigenvalue weighted by Crippen LogP contribution is -2.21. The summed E-state index contributed by atoms with van der Waals surface area (Å²) in [4.78, 5) is 33.7. The van der Waals surface area contributed by atoms with Crippen molar-refractivity contribution >= 4 is 34.9 Å². The standard InChI is InChI=1S/C15H10ClFN2O5/c16-10-4-5-13(19(22)23)12(7-10)18-14(20)8-24-15(21)9-2-1-3-11(17)6-9/h1-7H,8H2,(H,18,20). The van der Waals surface area contributed by atoms with Crippen molar-refractivity contribution in [1.29, 1.82) is 0 Å². The minimum absolute atomic E-state index is 0.0588. The molecule has 0 radical (unpaired) electrons. The molecule has 24 heavy (non-hydrogen) atoms. The Morgan fingerprint density at radius 1 is 1.25 bits per heavy atom. The molecule has 0 fully saturated rings. The summed E-state index contributed by atoms with van der Waals surface area (Å²) in [5.74, 6) is -2.32. The van der Waals surface area contributed by atoms with Crippen LogP contribution >= 0.6 is 11.6 Å². The minimum atomic E-state index is -0.898.